The summed E-state index contributed by atoms with van der Waals surface area (Å²) in [5.41, 5.74) is 2.75. The summed E-state index contributed by atoms with van der Waals surface area (Å²) in [6, 6.07) is 14.5. The summed E-state index contributed by atoms with van der Waals surface area (Å²) >= 11 is 1.30. The van der Waals surface area contributed by atoms with E-state index in [9.17, 15) is 13.8 Å². The number of nitrogens with zero attached hydrogens (tertiary/aromatic N) is 2. The number of ether oxygens (including phenoxy) is 1. The van der Waals surface area contributed by atoms with E-state index in [0.29, 0.717) is 27.0 Å². The summed E-state index contributed by atoms with van der Waals surface area (Å²) in [5, 5.41) is 2.27. The number of anilines is 2. The van der Waals surface area contributed by atoms with Gasteiger partial charge in [-0.05, 0) is 36.2 Å². The maximum atomic E-state index is 12.5. The number of amides is 1. The first-order chi connectivity index (χ1) is 14.9. The van der Waals surface area contributed by atoms with E-state index in [4.69, 9.17) is 4.74 Å². The third kappa shape index (κ3) is 5.45. The molecule has 0 saturated heterocycles. The Morgan fingerprint density at radius 1 is 1.10 bits per heavy atom. The zero-order valence-corrected chi connectivity index (χ0v) is 19.3. The summed E-state index contributed by atoms with van der Waals surface area (Å²) in [6.45, 7) is 5.32. The van der Waals surface area contributed by atoms with Crippen molar-refractivity contribution in [2.45, 2.75) is 38.7 Å². The molecule has 0 aliphatic rings. The molecule has 0 fully saturated rings. The van der Waals surface area contributed by atoms with Crippen LogP contribution in [0.4, 0.5) is 10.8 Å². The molecule has 0 aliphatic heterocycles. The second kappa shape index (κ2) is 10.5. The maximum Gasteiger partial charge on any atom is 0.339 e. The largest absolute Gasteiger partial charge is 0.456 e. The topological polar surface area (TPSA) is 76.6 Å². The van der Waals surface area contributed by atoms with Crippen LogP contribution in [0.2, 0.25) is 0 Å². The van der Waals surface area contributed by atoms with Crippen LogP contribution in [0.15, 0.2) is 58.8 Å². The molecule has 0 aliphatic carbocycles. The van der Waals surface area contributed by atoms with Crippen LogP contribution in [0.1, 0.15) is 42.4 Å². The van der Waals surface area contributed by atoms with Gasteiger partial charge in [-0.15, -0.1) is 11.3 Å². The van der Waals surface area contributed by atoms with Crippen molar-refractivity contribution in [2.75, 3.05) is 10.7 Å². The van der Waals surface area contributed by atoms with E-state index in [-0.39, 0.29) is 12.5 Å². The number of hydrogen-bond donors (Lipinski definition) is 0. The maximum absolute atomic E-state index is 12.5. The van der Waals surface area contributed by atoms with Gasteiger partial charge in [0, 0.05) is 18.1 Å². The molecule has 8 heteroatoms. The predicted octanol–water partition coefficient (Wildman–Crippen LogP) is 4.87. The molecule has 31 heavy (non-hydrogen) atoms. The lowest BCUT2D eigenvalue weighted by molar-refractivity contribution is -0.115. The molecular formula is C23H24N2O4S2. The molecule has 1 atom stereocenters. The van der Waals surface area contributed by atoms with Gasteiger partial charge in [-0.25, -0.2) is 9.78 Å². The van der Waals surface area contributed by atoms with E-state index >= 15 is 0 Å². The number of carbonyl (C=O) groups is 2. The Balaban J connectivity index is 1.74. The number of aryl methyl sites for hydroxylation is 1. The molecule has 0 N–H and O–H groups in total. The minimum atomic E-state index is -1.26. The van der Waals surface area contributed by atoms with Gasteiger partial charge in [0.15, 0.2) is 5.13 Å². The van der Waals surface area contributed by atoms with Gasteiger partial charge in [0.25, 0.3) is 0 Å². The number of aromatic nitrogens is 1. The fourth-order valence-corrected chi connectivity index (χ4v) is 4.79. The Labute approximate surface area is 188 Å². The summed E-state index contributed by atoms with van der Waals surface area (Å²) in [7, 11) is -1.26. The van der Waals surface area contributed by atoms with Crippen molar-refractivity contribution in [3.05, 3.63) is 70.7 Å². The predicted molar refractivity (Wildman–Crippen MR) is 123 cm³/mol. The van der Waals surface area contributed by atoms with Crippen LogP contribution in [-0.2, 0) is 33.4 Å². The van der Waals surface area contributed by atoms with E-state index in [1.165, 1.54) is 28.7 Å². The Morgan fingerprint density at radius 2 is 1.81 bits per heavy atom. The quantitative estimate of drug-likeness (QED) is 0.452. The first-order valence-corrected chi connectivity index (χ1v) is 12.1. The highest BCUT2D eigenvalue weighted by atomic mass is 32.2. The molecule has 3 aromatic rings. The lowest BCUT2D eigenvalue weighted by Crippen LogP contribution is -2.22. The fourth-order valence-electron chi connectivity index (χ4n) is 2.98. The number of thiazole rings is 1. The molecule has 3 rings (SSSR count). The number of hydrogen-bond acceptors (Lipinski definition) is 6. The van der Waals surface area contributed by atoms with Crippen LogP contribution in [0.5, 0.6) is 0 Å². The van der Waals surface area contributed by atoms with Crippen molar-refractivity contribution in [3.63, 3.8) is 0 Å². The summed E-state index contributed by atoms with van der Waals surface area (Å²) in [5.74, 6) is -0.288. The summed E-state index contributed by atoms with van der Waals surface area (Å²) in [6.07, 6.45) is 0.919. The molecule has 1 unspecified atom stereocenters. The van der Waals surface area contributed by atoms with Crippen molar-refractivity contribution >= 4 is 44.8 Å². The van der Waals surface area contributed by atoms with Crippen LogP contribution >= 0.6 is 11.3 Å². The van der Waals surface area contributed by atoms with Crippen molar-refractivity contribution < 1.29 is 18.5 Å². The molecule has 1 aromatic heterocycles. The van der Waals surface area contributed by atoms with Crippen LogP contribution < -0.4 is 4.90 Å². The third-order valence-electron chi connectivity index (χ3n) is 4.61. The van der Waals surface area contributed by atoms with Crippen LogP contribution in [-0.4, -0.2) is 26.8 Å². The lowest BCUT2D eigenvalue weighted by atomic mass is 10.1. The van der Waals surface area contributed by atoms with Crippen LogP contribution in [0.25, 0.3) is 0 Å². The molecular weight excluding hydrogens is 432 g/mol. The van der Waals surface area contributed by atoms with Gasteiger partial charge in [-0.2, -0.15) is 0 Å². The standard InChI is InChI=1S/C23H24N2O4S2/c1-4-17-10-12-19(13-11-17)25(16(3)26)23-24-18(15-30-23)14-29-22(27)20-8-6-7-9-21(20)31(28)5-2/h6-13,15H,4-5,14H2,1-3H3. The molecule has 0 radical (unpaired) electrons. The monoisotopic (exact) mass is 456 g/mol. The minimum absolute atomic E-state index is 0.0387. The number of benzene rings is 2. The summed E-state index contributed by atoms with van der Waals surface area (Å²) in [4.78, 5) is 31.3. The highest BCUT2D eigenvalue weighted by molar-refractivity contribution is 7.85. The van der Waals surface area contributed by atoms with Gasteiger partial charge >= 0.3 is 5.97 Å². The first-order valence-electron chi connectivity index (χ1n) is 9.93. The van der Waals surface area contributed by atoms with Crippen molar-refractivity contribution in [2.24, 2.45) is 0 Å². The smallest absolute Gasteiger partial charge is 0.339 e. The Hall–Kier alpha value is -2.84. The highest BCUT2D eigenvalue weighted by Crippen LogP contribution is 2.29. The van der Waals surface area contributed by atoms with Gasteiger partial charge in [0.2, 0.25) is 5.91 Å². The van der Waals surface area contributed by atoms with Crippen molar-refractivity contribution in [1.29, 1.82) is 0 Å². The van der Waals surface area contributed by atoms with Crippen molar-refractivity contribution in [1.82, 2.24) is 4.98 Å². The Morgan fingerprint density at radius 3 is 2.45 bits per heavy atom. The summed E-state index contributed by atoms with van der Waals surface area (Å²) < 4.78 is 17.6. The average Bonchev–Trinajstić information content (AvgIpc) is 3.25. The Bertz CT molecular complexity index is 1090. The highest BCUT2D eigenvalue weighted by Gasteiger charge is 2.20. The Kier molecular flexibility index (Phi) is 7.70. The molecule has 0 saturated carbocycles. The zero-order chi connectivity index (χ0) is 22.4. The third-order valence-corrected chi connectivity index (χ3v) is 6.86. The van der Waals surface area contributed by atoms with Gasteiger partial charge in [0.1, 0.15) is 6.61 Å². The molecule has 2 aromatic carbocycles. The van der Waals surface area contributed by atoms with Gasteiger partial charge < -0.3 is 4.74 Å². The van der Waals surface area contributed by atoms with Crippen LogP contribution in [0.3, 0.4) is 0 Å². The van der Waals surface area contributed by atoms with E-state index in [0.717, 1.165) is 12.1 Å². The van der Waals surface area contributed by atoms with E-state index < -0.39 is 16.8 Å². The second-order valence-electron chi connectivity index (χ2n) is 6.70. The molecule has 1 amide bonds. The van der Waals surface area contributed by atoms with Crippen molar-refractivity contribution in [3.8, 4) is 0 Å². The molecule has 6 nitrogen and oxygen atoms in total. The second-order valence-corrected chi connectivity index (χ2v) is 9.25. The SMILES string of the molecule is CCc1ccc(N(C(C)=O)c2nc(COC(=O)c3ccccc3S(=O)CC)cs2)cc1. The van der Waals surface area contributed by atoms with E-state index in [2.05, 4.69) is 11.9 Å². The molecule has 0 spiro atoms. The van der Waals surface area contributed by atoms with Crippen LogP contribution in [0, 0.1) is 0 Å². The number of carbonyl (C=O) groups excluding carboxylic acids is 2. The van der Waals surface area contributed by atoms with Gasteiger partial charge in [-0.3, -0.25) is 13.9 Å². The number of rotatable bonds is 8. The average molecular weight is 457 g/mol. The zero-order valence-electron chi connectivity index (χ0n) is 17.7. The first kappa shape index (κ1) is 22.8. The normalized spacial score (nSPS) is 11.7. The fraction of sp³-hybridized carbons (Fsp3) is 0.261. The number of esters is 1. The van der Waals surface area contributed by atoms with Gasteiger partial charge in [0.05, 0.1) is 32.6 Å². The molecule has 1 heterocycles. The molecule has 162 valence electrons. The van der Waals surface area contributed by atoms with E-state index in [1.54, 1.807) is 36.6 Å². The van der Waals surface area contributed by atoms with Gasteiger partial charge in [-0.1, -0.05) is 38.1 Å². The van der Waals surface area contributed by atoms with E-state index in [1.807, 2.05) is 24.3 Å². The molecule has 0 bridgehead atoms. The minimum Gasteiger partial charge on any atom is -0.456 e. The lowest BCUT2D eigenvalue weighted by Gasteiger charge is -2.18.